The lowest BCUT2D eigenvalue weighted by Crippen LogP contribution is -2.08. The standard InChI is InChI=1S/C15H16N2/c1-5-7-11-17-15-13(4)9-8-12(3)14(15)16-10-6-2/h5-11H,1-2,4H2,3H3/b11-7-,16-10-,17-15+. The summed E-state index contributed by atoms with van der Waals surface area (Å²) in [4.78, 5) is 8.67. The van der Waals surface area contributed by atoms with Crippen LogP contribution in [0.25, 0.3) is 0 Å². The van der Waals surface area contributed by atoms with Crippen LogP contribution in [0.4, 0.5) is 0 Å². The Hall–Kier alpha value is -2.22. The second kappa shape index (κ2) is 6.38. The van der Waals surface area contributed by atoms with Gasteiger partial charge in [-0.15, -0.1) is 0 Å². The van der Waals surface area contributed by atoms with E-state index in [9.17, 15) is 0 Å². The Kier molecular flexibility index (Phi) is 4.82. The summed E-state index contributed by atoms with van der Waals surface area (Å²) >= 11 is 0. The normalized spacial score (nSPS) is 18.6. The topological polar surface area (TPSA) is 24.7 Å². The van der Waals surface area contributed by atoms with E-state index in [1.807, 2.05) is 19.1 Å². The first kappa shape index (κ1) is 12.8. The molecule has 17 heavy (non-hydrogen) atoms. The van der Waals surface area contributed by atoms with E-state index in [1.165, 1.54) is 0 Å². The molecule has 1 rings (SSSR count). The van der Waals surface area contributed by atoms with Crippen molar-refractivity contribution in [1.82, 2.24) is 0 Å². The molecular formula is C15H16N2. The molecule has 2 nitrogen and oxygen atoms in total. The number of aliphatic imine (C=N–C) groups is 2. The molecule has 1 aliphatic rings. The number of nitrogens with zero attached hydrogens (tertiary/aromatic N) is 2. The van der Waals surface area contributed by atoms with Crippen LogP contribution in [0.2, 0.25) is 0 Å². The van der Waals surface area contributed by atoms with Crippen molar-refractivity contribution < 1.29 is 0 Å². The van der Waals surface area contributed by atoms with Crippen LogP contribution in [0.1, 0.15) is 6.92 Å². The summed E-state index contributed by atoms with van der Waals surface area (Å²) in [6.45, 7) is 13.2. The van der Waals surface area contributed by atoms with Crippen molar-refractivity contribution in [2.75, 3.05) is 0 Å². The summed E-state index contributed by atoms with van der Waals surface area (Å²) in [7, 11) is 0. The van der Waals surface area contributed by atoms with E-state index in [0.717, 1.165) is 22.6 Å². The Bertz CT molecular complexity index is 483. The minimum absolute atomic E-state index is 0.779. The van der Waals surface area contributed by atoms with Crippen LogP contribution in [0.3, 0.4) is 0 Å². The zero-order chi connectivity index (χ0) is 12.7. The summed E-state index contributed by atoms with van der Waals surface area (Å²) in [6, 6.07) is 0. The molecule has 0 bridgehead atoms. The average Bonchev–Trinajstić information content (AvgIpc) is 2.33. The Morgan fingerprint density at radius 3 is 2.59 bits per heavy atom. The molecule has 0 fully saturated rings. The van der Waals surface area contributed by atoms with Gasteiger partial charge in [-0.05, 0) is 24.1 Å². The zero-order valence-corrected chi connectivity index (χ0v) is 10.1. The molecular weight excluding hydrogens is 208 g/mol. The van der Waals surface area contributed by atoms with Crippen LogP contribution < -0.4 is 0 Å². The smallest absolute Gasteiger partial charge is 0.0955 e. The first-order valence-corrected chi connectivity index (χ1v) is 5.29. The van der Waals surface area contributed by atoms with E-state index in [0.29, 0.717) is 0 Å². The van der Waals surface area contributed by atoms with E-state index in [2.05, 4.69) is 29.7 Å². The Labute approximate surface area is 102 Å². The number of hydrogen-bond donors (Lipinski definition) is 0. The minimum atomic E-state index is 0.779. The maximum atomic E-state index is 4.35. The molecule has 0 aromatic heterocycles. The molecule has 0 radical (unpaired) electrons. The summed E-state index contributed by atoms with van der Waals surface area (Å²) in [5.41, 5.74) is 3.51. The van der Waals surface area contributed by atoms with Crippen LogP contribution in [0, 0.1) is 0 Å². The van der Waals surface area contributed by atoms with E-state index in [1.54, 1.807) is 30.6 Å². The quantitative estimate of drug-likeness (QED) is 0.513. The largest absolute Gasteiger partial charge is 0.254 e. The van der Waals surface area contributed by atoms with Gasteiger partial charge in [0.05, 0.1) is 11.4 Å². The highest BCUT2D eigenvalue weighted by molar-refractivity contribution is 6.16. The third kappa shape index (κ3) is 3.38. The van der Waals surface area contributed by atoms with Crippen LogP contribution in [0.15, 0.2) is 83.1 Å². The van der Waals surface area contributed by atoms with Crippen LogP contribution >= 0.6 is 0 Å². The Balaban J connectivity index is 3.19. The number of hydrogen-bond acceptors (Lipinski definition) is 2. The second-order valence-electron chi connectivity index (χ2n) is 3.46. The lowest BCUT2D eigenvalue weighted by Gasteiger charge is -2.13. The van der Waals surface area contributed by atoms with Gasteiger partial charge >= 0.3 is 0 Å². The molecule has 0 unspecified atom stereocenters. The van der Waals surface area contributed by atoms with Gasteiger partial charge < -0.3 is 0 Å². The maximum Gasteiger partial charge on any atom is 0.0955 e. The molecule has 0 heterocycles. The predicted molar refractivity (Wildman–Crippen MR) is 76.4 cm³/mol. The lowest BCUT2D eigenvalue weighted by atomic mass is 9.99. The van der Waals surface area contributed by atoms with E-state index in [-0.39, 0.29) is 0 Å². The van der Waals surface area contributed by atoms with E-state index < -0.39 is 0 Å². The molecule has 86 valence electrons. The summed E-state index contributed by atoms with van der Waals surface area (Å²) in [5.74, 6) is 0. The van der Waals surface area contributed by atoms with Crippen LogP contribution in [0.5, 0.6) is 0 Å². The Morgan fingerprint density at radius 1 is 1.18 bits per heavy atom. The molecule has 0 atom stereocenters. The Morgan fingerprint density at radius 2 is 1.94 bits per heavy atom. The second-order valence-corrected chi connectivity index (χ2v) is 3.46. The number of allylic oxidation sites excluding steroid dienone is 7. The minimum Gasteiger partial charge on any atom is -0.254 e. The van der Waals surface area contributed by atoms with Gasteiger partial charge in [0.25, 0.3) is 0 Å². The third-order valence-electron chi connectivity index (χ3n) is 2.17. The summed E-state index contributed by atoms with van der Waals surface area (Å²) in [5, 5.41) is 0. The molecule has 1 aliphatic carbocycles. The van der Waals surface area contributed by atoms with Crippen molar-refractivity contribution in [3.8, 4) is 0 Å². The molecule has 0 aromatic carbocycles. The zero-order valence-electron chi connectivity index (χ0n) is 10.1. The molecule has 0 amide bonds. The van der Waals surface area contributed by atoms with Crippen molar-refractivity contribution in [2.45, 2.75) is 6.92 Å². The fourth-order valence-corrected chi connectivity index (χ4v) is 1.33. The van der Waals surface area contributed by atoms with Crippen LogP contribution in [-0.2, 0) is 0 Å². The highest BCUT2D eigenvalue weighted by atomic mass is 14.8. The van der Waals surface area contributed by atoms with Crippen molar-refractivity contribution in [1.29, 1.82) is 0 Å². The fraction of sp³-hybridized carbons (Fsp3) is 0.0667. The first-order valence-electron chi connectivity index (χ1n) is 5.29. The average molecular weight is 224 g/mol. The van der Waals surface area contributed by atoms with E-state index in [4.69, 9.17) is 0 Å². The summed E-state index contributed by atoms with van der Waals surface area (Å²) in [6.07, 6.45) is 12.3. The number of rotatable bonds is 4. The van der Waals surface area contributed by atoms with Crippen molar-refractivity contribution in [3.63, 3.8) is 0 Å². The van der Waals surface area contributed by atoms with Gasteiger partial charge in [-0.2, -0.15) is 0 Å². The molecule has 0 spiro atoms. The van der Waals surface area contributed by atoms with Gasteiger partial charge in [0.1, 0.15) is 0 Å². The van der Waals surface area contributed by atoms with Gasteiger partial charge in [-0.1, -0.05) is 44.0 Å². The third-order valence-corrected chi connectivity index (χ3v) is 2.17. The molecule has 0 saturated carbocycles. The van der Waals surface area contributed by atoms with Gasteiger partial charge in [0.2, 0.25) is 0 Å². The van der Waals surface area contributed by atoms with Gasteiger partial charge in [0.15, 0.2) is 0 Å². The highest BCUT2D eigenvalue weighted by Crippen LogP contribution is 2.21. The van der Waals surface area contributed by atoms with E-state index >= 15 is 0 Å². The van der Waals surface area contributed by atoms with Crippen LogP contribution in [-0.4, -0.2) is 11.9 Å². The van der Waals surface area contributed by atoms with Gasteiger partial charge in [0, 0.05) is 12.4 Å². The highest BCUT2D eigenvalue weighted by Gasteiger charge is 2.13. The molecule has 2 heteroatoms. The molecule has 0 N–H and O–H groups in total. The fourth-order valence-electron chi connectivity index (χ4n) is 1.33. The molecule has 0 aromatic rings. The maximum absolute atomic E-state index is 4.35. The first-order chi connectivity index (χ1) is 8.20. The van der Waals surface area contributed by atoms with Gasteiger partial charge in [-0.3, -0.25) is 9.98 Å². The predicted octanol–water partition coefficient (Wildman–Crippen LogP) is 3.78. The molecule has 0 aliphatic heterocycles. The summed E-state index contributed by atoms with van der Waals surface area (Å²) < 4.78 is 0. The van der Waals surface area contributed by atoms with Gasteiger partial charge in [-0.25, -0.2) is 0 Å². The lowest BCUT2D eigenvalue weighted by molar-refractivity contribution is 1.31. The van der Waals surface area contributed by atoms with Crippen molar-refractivity contribution >= 4 is 11.9 Å². The van der Waals surface area contributed by atoms with Crippen molar-refractivity contribution in [2.24, 2.45) is 9.98 Å². The SMILES string of the molecule is C=C/C=C\N=C1/C(=C)C=CC(C)=C1/N=C\C=C. The van der Waals surface area contributed by atoms with Crippen molar-refractivity contribution in [3.05, 3.63) is 73.2 Å². The molecule has 0 saturated heterocycles. The monoisotopic (exact) mass is 224 g/mol.